The highest BCUT2D eigenvalue weighted by atomic mass is 15.2. The molecule has 1 aromatic heterocycles. The van der Waals surface area contributed by atoms with Crippen LogP contribution in [0.25, 0.3) is 0 Å². The summed E-state index contributed by atoms with van der Waals surface area (Å²) in [5, 5.41) is 3.37. The van der Waals surface area contributed by atoms with Crippen molar-refractivity contribution < 1.29 is 0 Å². The van der Waals surface area contributed by atoms with E-state index >= 15 is 0 Å². The van der Waals surface area contributed by atoms with Gasteiger partial charge in [0.25, 0.3) is 0 Å². The lowest BCUT2D eigenvalue weighted by atomic mass is 10.2. The molecule has 1 atom stereocenters. The molecule has 1 fully saturated rings. The molecule has 0 aromatic carbocycles. The summed E-state index contributed by atoms with van der Waals surface area (Å²) in [7, 11) is 0. The van der Waals surface area contributed by atoms with Crippen molar-refractivity contribution in [2.45, 2.75) is 32.7 Å². The van der Waals surface area contributed by atoms with E-state index in [-0.39, 0.29) is 0 Å². The van der Waals surface area contributed by atoms with Gasteiger partial charge >= 0.3 is 0 Å². The zero-order valence-electron chi connectivity index (χ0n) is 10.3. The maximum absolute atomic E-state index is 4.49. The van der Waals surface area contributed by atoms with Crippen LogP contribution in [-0.2, 0) is 6.42 Å². The number of hydrogen-bond acceptors (Lipinski definition) is 3. The van der Waals surface area contributed by atoms with E-state index in [0.717, 1.165) is 38.4 Å². The lowest BCUT2D eigenvalue weighted by molar-refractivity contribution is 0.180. The zero-order valence-corrected chi connectivity index (χ0v) is 10.3. The first-order chi connectivity index (χ1) is 7.81. The molecule has 90 valence electrons. The molecule has 2 rings (SSSR count). The van der Waals surface area contributed by atoms with Gasteiger partial charge in [-0.05, 0) is 13.3 Å². The van der Waals surface area contributed by atoms with Gasteiger partial charge in [0.15, 0.2) is 0 Å². The Balaban J connectivity index is 1.98. The molecular formula is C12H22N4. The monoisotopic (exact) mass is 222 g/mol. The van der Waals surface area contributed by atoms with Crippen LogP contribution < -0.4 is 5.32 Å². The number of H-pyrrole nitrogens is 1. The summed E-state index contributed by atoms with van der Waals surface area (Å²) in [5.41, 5.74) is 1.26. The van der Waals surface area contributed by atoms with Crippen LogP contribution in [0.3, 0.4) is 0 Å². The molecule has 2 N–H and O–H groups in total. The van der Waals surface area contributed by atoms with Crippen molar-refractivity contribution >= 4 is 0 Å². The topological polar surface area (TPSA) is 44.0 Å². The summed E-state index contributed by atoms with van der Waals surface area (Å²) in [6.07, 6.45) is 4.25. The lowest BCUT2D eigenvalue weighted by Crippen LogP contribution is -2.44. The number of rotatable bonds is 4. The fraction of sp³-hybridized carbons (Fsp3) is 0.750. The molecule has 0 saturated carbocycles. The molecule has 1 unspecified atom stereocenters. The maximum Gasteiger partial charge on any atom is 0.123 e. The van der Waals surface area contributed by atoms with Crippen LogP contribution in [-0.4, -0.2) is 41.0 Å². The minimum absolute atomic E-state index is 0.410. The number of nitrogens with one attached hydrogen (secondary N) is 2. The highest BCUT2D eigenvalue weighted by molar-refractivity contribution is 5.05. The Morgan fingerprint density at radius 2 is 2.19 bits per heavy atom. The van der Waals surface area contributed by atoms with Crippen LogP contribution in [0.5, 0.6) is 0 Å². The van der Waals surface area contributed by atoms with Crippen LogP contribution in [0.4, 0.5) is 0 Å². The highest BCUT2D eigenvalue weighted by Crippen LogP contribution is 2.17. The molecule has 1 aromatic rings. The van der Waals surface area contributed by atoms with Gasteiger partial charge < -0.3 is 10.3 Å². The van der Waals surface area contributed by atoms with E-state index in [9.17, 15) is 0 Å². The number of piperazine rings is 1. The first-order valence-electron chi connectivity index (χ1n) is 6.29. The van der Waals surface area contributed by atoms with Gasteiger partial charge in [-0.2, -0.15) is 0 Å². The average molecular weight is 222 g/mol. The van der Waals surface area contributed by atoms with Gasteiger partial charge in [0, 0.05) is 38.1 Å². The van der Waals surface area contributed by atoms with Crippen molar-refractivity contribution in [1.29, 1.82) is 0 Å². The molecular weight excluding hydrogens is 200 g/mol. The molecule has 1 aliphatic rings. The minimum atomic E-state index is 0.410. The molecule has 0 aliphatic carbocycles. The van der Waals surface area contributed by atoms with E-state index in [1.165, 1.54) is 12.1 Å². The Kier molecular flexibility index (Phi) is 3.96. The van der Waals surface area contributed by atoms with Crippen LogP contribution in [0.1, 0.15) is 37.8 Å². The van der Waals surface area contributed by atoms with Crippen molar-refractivity contribution in [1.82, 2.24) is 20.2 Å². The second-order valence-electron chi connectivity index (χ2n) is 4.51. The number of aryl methyl sites for hydroxylation is 1. The number of aromatic nitrogens is 2. The van der Waals surface area contributed by atoms with Crippen molar-refractivity contribution in [3.63, 3.8) is 0 Å². The van der Waals surface area contributed by atoms with E-state index in [1.54, 1.807) is 0 Å². The molecule has 16 heavy (non-hydrogen) atoms. The Morgan fingerprint density at radius 3 is 2.88 bits per heavy atom. The summed E-state index contributed by atoms with van der Waals surface area (Å²) in [6, 6.07) is 0.410. The SMILES string of the molecule is CCCc1cnc(C(C)N2CCNCC2)[nH]1. The predicted octanol–water partition coefficient (Wildman–Crippen LogP) is 1.33. The maximum atomic E-state index is 4.49. The molecule has 0 radical (unpaired) electrons. The Labute approximate surface area is 97.4 Å². The molecule has 2 heterocycles. The summed E-state index contributed by atoms with van der Waals surface area (Å²) < 4.78 is 0. The van der Waals surface area contributed by atoms with Gasteiger partial charge in [-0.3, -0.25) is 4.90 Å². The minimum Gasteiger partial charge on any atom is -0.345 e. The van der Waals surface area contributed by atoms with E-state index in [1.807, 2.05) is 6.20 Å². The predicted molar refractivity (Wildman–Crippen MR) is 65.4 cm³/mol. The Bertz CT molecular complexity index is 315. The van der Waals surface area contributed by atoms with Crippen molar-refractivity contribution in [3.8, 4) is 0 Å². The van der Waals surface area contributed by atoms with Crippen LogP contribution in [0.2, 0.25) is 0 Å². The molecule has 4 nitrogen and oxygen atoms in total. The van der Waals surface area contributed by atoms with E-state index in [2.05, 4.69) is 34.0 Å². The Hall–Kier alpha value is -0.870. The summed E-state index contributed by atoms with van der Waals surface area (Å²) in [6.45, 7) is 8.84. The van der Waals surface area contributed by atoms with Gasteiger partial charge in [0.2, 0.25) is 0 Å². The number of nitrogens with zero attached hydrogens (tertiary/aromatic N) is 2. The standard InChI is InChI=1S/C12H22N4/c1-3-4-11-9-14-12(15-11)10(2)16-7-5-13-6-8-16/h9-10,13H,3-8H2,1-2H3,(H,14,15). The third kappa shape index (κ3) is 2.62. The lowest BCUT2D eigenvalue weighted by Gasteiger charge is -2.31. The third-order valence-electron chi connectivity index (χ3n) is 3.26. The fourth-order valence-electron chi connectivity index (χ4n) is 2.23. The molecule has 1 aliphatic heterocycles. The fourth-order valence-corrected chi connectivity index (χ4v) is 2.23. The van der Waals surface area contributed by atoms with E-state index in [4.69, 9.17) is 0 Å². The van der Waals surface area contributed by atoms with Gasteiger partial charge in [0.1, 0.15) is 5.82 Å². The zero-order chi connectivity index (χ0) is 11.4. The van der Waals surface area contributed by atoms with Crippen molar-refractivity contribution in [3.05, 3.63) is 17.7 Å². The average Bonchev–Trinajstić information content (AvgIpc) is 2.78. The number of imidazole rings is 1. The number of hydrogen-bond donors (Lipinski definition) is 2. The third-order valence-corrected chi connectivity index (χ3v) is 3.26. The number of aromatic amines is 1. The van der Waals surface area contributed by atoms with Crippen molar-refractivity contribution in [2.24, 2.45) is 0 Å². The van der Waals surface area contributed by atoms with Gasteiger partial charge in [-0.25, -0.2) is 4.98 Å². The first-order valence-corrected chi connectivity index (χ1v) is 6.29. The van der Waals surface area contributed by atoms with Crippen LogP contribution in [0.15, 0.2) is 6.20 Å². The Morgan fingerprint density at radius 1 is 1.44 bits per heavy atom. The van der Waals surface area contributed by atoms with Gasteiger partial charge in [-0.1, -0.05) is 13.3 Å². The van der Waals surface area contributed by atoms with Crippen LogP contribution >= 0.6 is 0 Å². The molecule has 0 spiro atoms. The van der Waals surface area contributed by atoms with Crippen LogP contribution in [0, 0.1) is 0 Å². The summed E-state index contributed by atoms with van der Waals surface area (Å²) in [5.74, 6) is 1.12. The molecule has 1 saturated heterocycles. The second-order valence-corrected chi connectivity index (χ2v) is 4.51. The summed E-state index contributed by atoms with van der Waals surface area (Å²) >= 11 is 0. The van der Waals surface area contributed by atoms with E-state index < -0.39 is 0 Å². The largest absolute Gasteiger partial charge is 0.345 e. The van der Waals surface area contributed by atoms with E-state index in [0.29, 0.717) is 6.04 Å². The summed E-state index contributed by atoms with van der Waals surface area (Å²) in [4.78, 5) is 10.4. The van der Waals surface area contributed by atoms with Crippen molar-refractivity contribution in [2.75, 3.05) is 26.2 Å². The smallest absolute Gasteiger partial charge is 0.123 e. The normalized spacial score (nSPS) is 19.9. The quantitative estimate of drug-likeness (QED) is 0.807. The van der Waals surface area contributed by atoms with Gasteiger partial charge in [-0.15, -0.1) is 0 Å². The first kappa shape index (κ1) is 11.6. The molecule has 4 heteroatoms. The second kappa shape index (κ2) is 5.46. The highest BCUT2D eigenvalue weighted by Gasteiger charge is 2.19. The molecule has 0 amide bonds. The van der Waals surface area contributed by atoms with Gasteiger partial charge in [0.05, 0.1) is 6.04 Å². The molecule has 0 bridgehead atoms.